The molecule has 1 aromatic heterocycles. The molecule has 15 aromatic carbocycles. The van der Waals surface area contributed by atoms with Gasteiger partial charge in [-0.1, -0.05) is 315 Å². The number of nitrogens with zero attached hydrogens (tertiary/aromatic N) is 4. The first-order valence-electron chi connectivity index (χ1n) is 35.5. The zero-order valence-electron chi connectivity index (χ0n) is 55.4. The van der Waals surface area contributed by atoms with Crippen LogP contribution in [0, 0.1) is 0 Å². The Morgan fingerprint density at radius 2 is 0.569 bits per heavy atom. The van der Waals surface area contributed by atoms with Crippen molar-refractivity contribution in [3.05, 3.63) is 430 Å². The number of fused-ring (bicyclic) bond motifs is 23. The molecule has 2 aliphatic heterocycles. The quantitative estimate of drug-likeness (QED) is 0.152. The largest absolute Gasteiger partial charge is 0.252 e. The lowest BCUT2D eigenvalue weighted by Gasteiger charge is -2.31. The summed E-state index contributed by atoms with van der Waals surface area (Å²) in [5.74, 6) is 0.610. The summed E-state index contributed by atoms with van der Waals surface area (Å²) in [5, 5.41) is 0.956. The van der Waals surface area contributed by atoms with Crippen LogP contribution in [0.15, 0.2) is 362 Å². The molecule has 0 saturated heterocycles. The average Bonchev–Trinajstić information content (AvgIpc) is 1.51. The highest BCUT2D eigenvalue weighted by Crippen LogP contribution is 2.65. The molecular formula is C98H60N4. The summed E-state index contributed by atoms with van der Waals surface area (Å²) < 4.78 is 0. The van der Waals surface area contributed by atoms with Gasteiger partial charge in [0.1, 0.15) is 0 Å². The van der Waals surface area contributed by atoms with Crippen LogP contribution in [0.1, 0.15) is 89.7 Å². The van der Waals surface area contributed by atoms with Crippen LogP contribution in [0.5, 0.6) is 0 Å². The van der Waals surface area contributed by atoms with Gasteiger partial charge in [0.2, 0.25) is 0 Å². The van der Waals surface area contributed by atoms with Crippen molar-refractivity contribution < 1.29 is 0 Å². The molecular weight excluding hydrogens is 1230 g/mol. The van der Waals surface area contributed by atoms with Gasteiger partial charge in [-0.05, 0) is 175 Å². The zero-order valence-corrected chi connectivity index (χ0v) is 55.4. The first kappa shape index (κ1) is 56.9. The molecule has 2 unspecified atom stereocenters. The van der Waals surface area contributed by atoms with Crippen LogP contribution >= 0.6 is 0 Å². The van der Waals surface area contributed by atoms with Crippen molar-refractivity contribution in [3.63, 3.8) is 0 Å². The summed E-state index contributed by atoms with van der Waals surface area (Å²) in [6, 6.07) is 131. The minimum atomic E-state index is -0.566. The molecule has 4 heteroatoms. The van der Waals surface area contributed by atoms with Crippen molar-refractivity contribution in [2.45, 2.75) is 22.7 Å². The monoisotopic (exact) mass is 1290 g/mol. The van der Waals surface area contributed by atoms with Gasteiger partial charge < -0.3 is 0 Å². The summed E-state index contributed by atoms with van der Waals surface area (Å²) in [5.41, 5.74) is 38.4. The summed E-state index contributed by atoms with van der Waals surface area (Å²) in [4.78, 5) is 22.6. The fourth-order valence-corrected chi connectivity index (χ4v) is 18.9. The van der Waals surface area contributed by atoms with Gasteiger partial charge in [-0.25, -0.2) is 9.97 Å². The number of hydrogen-bond acceptors (Lipinski definition) is 4. The van der Waals surface area contributed by atoms with Crippen LogP contribution in [-0.2, 0) is 10.8 Å². The highest BCUT2D eigenvalue weighted by Gasteiger charge is 2.53. The normalized spacial score (nSPS) is 15.7. The maximum atomic E-state index is 5.94. The summed E-state index contributed by atoms with van der Waals surface area (Å²) in [6.07, 6.45) is 0. The van der Waals surface area contributed by atoms with Gasteiger partial charge in [-0.15, -0.1) is 0 Å². The van der Waals surface area contributed by atoms with Crippen LogP contribution in [0.4, 0.5) is 11.4 Å². The van der Waals surface area contributed by atoms with E-state index in [4.69, 9.17) is 20.0 Å². The smallest absolute Gasteiger partial charge is 0.160 e. The van der Waals surface area contributed by atoms with E-state index in [0.29, 0.717) is 5.82 Å². The highest BCUT2D eigenvalue weighted by molar-refractivity contribution is 6.14. The van der Waals surface area contributed by atoms with Gasteiger partial charge in [-0.3, -0.25) is 9.98 Å². The van der Waals surface area contributed by atoms with Crippen LogP contribution in [-0.4, -0.2) is 21.4 Å². The van der Waals surface area contributed by atoms with E-state index in [1.54, 1.807) is 0 Å². The average molecular weight is 1290 g/mol. The molecule has 0 saturated carbocycles. The van der Waals surface area contributed by atoms with Gasteiger partial charge in [0.15, 0.2) is 5.82 Å². The summed E-state index contributed by atoms with van der Waals surface area (Å²) in [6.45, 7) is 0. The van der Waals surface area contributed by atoms with E-state index in [1.807, 2.05) is 0 Å². The van der Waals surface area contributed by atoms with Crippen LogP contribution in [0.2, 0.25) is 0 Å². The second-order valence-electron chi connectivity index (χ2n) is 28.1. The molecule has 102 heavy (non-hydrogen) atoms. The van der Waals surface area contributed by atoms with Crippen LogP contribution in [0.25, 0.3) is 100 Å². The lowest BCUT2D eigenvalue weighted by atomic mass is 9.70. The van der Waals surface area contributed by atoms with Crippen molar-refractivity contribution in [1.29, 1.82) is 0 Å². The molecule has 472 valence electrons. The highest BCUT2D eigenvalue weighted by atomic mass is 14.9. The molecule has 6 aliphatic rings. The first-order chi connectivity index (χ1) is 50.6. The third-order valence-corrected chi connectivity index (χ3v) is 23.1. The summed E-state index contributed by atoms with van der Waals surface area (Å²) >= 11 is 0. The van der Waals surface area contributed by atoms with Gasteiger partial charge >= 0.3 is 0 Å². The minimum Gasteiger partial charge on any atom is -0.252 e. The number of aromatic nitrogens is 2. The Kier molecular flexibility index (Phi) is 12.1. The molecule has 4 nitrogen and oxygen atoms in total. The molecule has 0 N–H and O–H groups in total. The predicted molar refractivity (Wildman–Crippen MR) is 416 cm³/mol. The van der Waals surface area contributed by atoms with E-state index in [0.717, 1.165) is 83.9 Å². The number of para-hydroxylation sites is 2. The maximum absolute atomic E-state index is 5.94. The standard InChI is InChI=1S/C98H60N4/c1-3-23-59(24-4-1)90-76-33-13-21-41-88(76)99-93(90)62-45-43-61(44-46-62)92-79-56-67(65-51-53-74-72-31-11-19-39-84(72)97(86(74)57-65)80-35-15-7-27-68(80)69-28-8-16-36-81(69)97)55-78(66-52-54-75-73-32-12-20-40-85(73)98(87(75)58-66)82-37-17-9-29-70(82)71-30-10-18-38-83(71)98)95(79)102-96(101-92)64-49-47-63(48-50-64)94-91(60-25-5-2-6-26-60)77-34-14-22-42-89(77)100-94/h1-58,90-91H. The molecule has 4 aliphatic carbocycles. The van der Waals surface area contributed by atoms with E-state index >= 15 is 0 Å². The molecule has 16 aromatic rings. The molecule has 0 fully saturated rings. The Bertz CT molecular complexity index is 6190. The van der Waals surface area contributed by atoms with E-state index in [-0.39, 0.29) is 11.8 Å². The lowest BCUT2D eigenvalue weighted by molar-refractivity contribution is 0.794. The number of benzene rings is 15. The van der Waals surface area contributed by atoms with Gasteiger partial charge in [0.05, 0.1) is 56.7 Å². The Labute approximate surface area is 591 Å². The molecule has 0 radical (unpaired) electrons. The molecule has 0 bridgehead atoms. The third kappa shape index (κ3) is 7.92. The molecule has 2 spiro atoms. The SMILES string of the molecule is c1ccc(C2C(c3ccc(-c4nc(-c5ccc(C6=Nc7ccccc7C6c6ccccc6)cc5)c5cc(-c6ccc7c(c6)C6(c8ccccc8-c8ccccc86)c6ccccc6-7)cc(-c6ccc7c(c6)C6(c8ccccc8-c8ccccc86)c6ccccc6-7)c5n4)cc3)=Nc3ccccc32)cc1. The Balaban J connectivity index is 0.793. The maximum Gasteiger partial charge on any atom is 0.160 e. The van der Waals surface area contributed by atoms with Crippen molar-refractivity contribution >= 4 is 33.7 Å². The van der Waals surface area contributed by atoms with Crippen molar-refractivity contribution in [1.82, 2.24) is 9.97 Å². The van der Waals surface area contributed by atoms with Crippen LogP contribution < -0.4 is 0 Å². The van der Waals surface area contributed by atoms with Crippen molar-refractivity contribution in [2.24, 2.45) is 9.98 Å². The Morgan fingerprint density at radius 3 is 1.01 bits per heavy atom. The number of rotatable bonds is 8. The zero-order chi connectivity index (χ0) is 66.8. The summed E-state index contributed by atoms with van der Waals surface area (Å²) in [7, 11) is 0. The predicted octanol–water partition coefficient (Wildman–Crippen LogP) is 23.5. The van der Waals surface area contributed by atoms with E-state index in [2.05, 4.69) is 352 Å². The van der Waals surface area contributed by atoms with Crippen LogP contribution in [0.3, 0.4) is 0 Å². The first-order valence-corrected chi connectivity index (χ1v) is 35.5. The van der Waals surface area contributed by atoms with Crippen molar-refractivity contribution in [3.8, 4) is 89.4 Å². The van der Waals surface area contributed by atoms with E-state index in [9.17, 15) is 0 Å². The topological polar surface area (TPSA) is 50.5 Å². The number of aliphatic imine (C=N–C) groups is 2. The molecule has 22 rings (SSSR count). The number of hydrogen-bond donors (Lipinski definition) is 0. The second-order valence-corrected chi connectivity index (χ2v) is 28.1. The third-order valence-electron chi connectivity index (χ3n) is 23.1. The fraction of sp³-hybridized carbons (Fsp3) is 0.0408. The Hall–Kier alpha value is -13.0. The minimum absolute atomic E-state index is 0.00872. The molecule has 3 heterocycles. The van der Waals surface area contributed by atoms with Gasteiger partial charge in [0, 0.05) is 22.1 Å². The fourth-order valence-electron chi connectivity index (χ4n) is 18.9. The van der Waals surface area contributed by atoms with E-state index in [1.165, 1.54) is 111 Å². The Morgan fingerprint density at radius 1 is 0.225 bits per heavy atom. The van der Waals surface area contributed by atoms with E-state index < -0.39 is 10.8 Å². The molecule has 2 atom stereocenters. The molecule has 0 amide bonds. The van der Waals surface area contributed by atoms with Gasteiger partial charge in [0.25, 0.3) is 0 Å². The van der Waals surface area contributed by atoms with Crippen molar-refractivity contribution in [2.75, 3.05) is 0 Å². The second kappa shape index (κ2) is 21.7. The van der Waals surface area contributed by atoms with Gasteiger partial charge in [-0.2, -0.15) is 0 Å². The lowest BCUT2D eigenvalue weighted by Crippen LogP contribution is -2.25.